The van der Waals surface area contributed by atoms with Gasteiger partial charge in [0.25, 0.3) is 0 Å². The van der Waals surface area contributed by atoms with E-state index in [0.29, 0.717) is 11.3 Å². The molecule has 5 nitrogen and oxygen atoms in total. The molecule has 3 aromatic rings. The summed E-state index contributed by atoms with van der Waals surface area (Å²) in [5, 5.41) is 0. The molecule has 0 aliphatic carbocycles. The second-order valence-electron chi connectivity index (χ2n) is 5.01. The minimum Gasteiger partial charge on any atom is -0.264 e. The van der Waals surface area contributed by atoms with Crippen LogP contribution in [0.15, 0.2) is 72.0 Å². The zero-order valence-corrected chi connectivity index (χ0v) is 13.4. The Bertz CT molecular complexity index is 947. The van der Waals surface area contributed by atoms with Gasteiger partial charge in [-0.15, -0.1) is 0 Å². The van der Waals surface area contributed by atoms with Crippen LogP contribution in [-0.4, -0.2) is 18.4 Å². The van der Waals surface area contributed by atoms with Crippen LogP contribution in [-0.2, 0) is 16.6 Å². The molecule has 24 heavy (non-hydrogen) atoms. The smallest absolute Gasteiger partial charge is 0.243 e. The van der Waals surface area contributed by atoms with Crippen molar-refractivity contribution in [3.8, 4) is 11.3 Å². The molecule has 0 unspecified atom stereocenters. The molecule has 1 aromatic carbocycles. The molecule has 122 valence electrons. The number of hydrogen-bond acceptors (Lipinski definition) is 4. The summed E-state index contributed by atoms with van der Waals surface area (Å²) in [4.78, 5) is 7.96. The van der Waals surface area contributed by atoms with E-state index in [2.05, 4.69) is 14.7 Å². The van der Waals surface area contributed by atoms with E-state index >= 15 is 0 Å². The van der Waals surface area contributed by atoms with Crippen LogP contribution in [0.25, 0.3) is 11.3 Å². The molecular weight excluding hydrogens is 329 g/mol. The van der Waals surface area contributed by atoms with Crippen molar-refractivity contribution in [1.29, 1.82) is 0 Å². The predicted octanol–water partition coefficient (Wildman–Crippen LogP) is 2.76. The summed E-state index contributed by atoms with van der Waals surface area (Å²) < 4.78 is 40.7. The second kappa shape index (κ2) is 6.86. The average molecular weight is 343 g/mol. The fourth-order valence-electron chi connectivity index (χ4n) is 2.26. The Morgan fingerprint density at radius 3 is 2.54 bits per heavy atom. The summed E-state index contributed by atoms with van der Waals surface area (Å²) in [5.41, 5.74) is 2.07. The molecule has 3 rings (SSSR count). The number of hydrogen-bond donors (Lipinski definition) is 1. The minimum absolute atomic E-state index is 0.00522. The summed E-state index contributed by atoms with van der Waals surface area (Å²) in [6, 6.07) is 12.3. The van der Waals surface area contributed by atoms with E-state index in [4.69, 9.17) is 0 Å². The van der Waals surface area contributed by atoms with Crippen molar-refractivity contribution in [3.63, 3.8) is 0 Å². The maximum absolute atomic E-state index is 13.7. The van der Waals surface area contributed by atoms with Crippen molar-refractivity contribution in [2.24, 2.45) is 0 Å². The molecule has 1 N–H and O–H groups in total. The Morgan fingerprint density at radius 1 is 1.00 bits per heavy atom. The summed E-state index contributed by atoms with van der Waals surface area (Å²) in [6.07, 6.45) is 4.92. The van der Waals surface area contributed by atoms with E-state index in [-0.39, 0.29) is 11.4 Å². The number of nitrogens with one attached hydrogen (secondary N) is 1. The third-order valence-electron chi connectivity index (χ3n) is 3.41. The largest absolute Gasteiger partial charge is 0.264 e. The van der Waals surface area contributed by atoms with Crippen LogP contribution in [0.3, 0.4) is 0 Å². The monoisotopic (exact) mass is 343 g/mol. The first-order chi connectivity index (χ1) is 11.6. The lowest BCUT2D eigenvalue weighted by Crippen LogP contribution is -2.24. The molecule has 0 amide bonds. The Hall–Kier alpha value is -2.64. The number of rotatable bonds is 5. The molecule has 2 aromatic heterocycles. The van der Waals surface area contributed by atoms with Crippen molar-refractivity contribution in [1.82, 2.24) is 14.7 Å². The zero-order valence-electron chi connectivity index (χ0n) is 12.6. The lowest BCUT2D eigenvalue weighted by atomic mass is 10.1. The summed E-state index contributed by atoms with van der Waals surface area (Å²) in [7, 11) is -3.96. The maximum Gasteiger partial charge on any atom is 0.243 e. The normalized spacial score (nSPS) is 11.4. The summed E-state index contributed by atoms with van der Waals surface area (Å²) >= 11 is 0. The van der Waals surface area contributed by atoms with E-state index in [0.717, 1.165) is 11.6 Å². The van der Waals surface area contributed by atoms with Gasteiger partial charge in [-0.1, -0.05) is 18.2 Å². The van der Waals surface area contributed by atoms with Gasteiger partial charge in [-0.3, -0.25) is 9.97 Å². The van der Waals surface area contributed by atoms with E-state index < -0.39 is 15.8 Å². The van der Waals surface area contributed by atoms with Gasteiger partial charge in [0.2, 0.25) is 10.0 Å². The zero-order chi connectivity index (χ0) is 17.0. The van der Waals surface area contributed by atoms with E-state index in [9.17, 15) is 12.8 Å². The molecule has 0 aliphatic heterocycles. The fraction of sp³-hybridized carbons (Fsp3) is 0.0588. The van der Waals surface area contributed by atoms with E-state index in [1.807, 2.05) is 6.07 Å². The van der Waals surface area contributed by atoms with Crippen molar-refractivity contribution >= 4 is 10.0 Å². The van der Waals surface area contributed by atoms with Gasteiger partial charge in [0.15, 0.2) is 0 Å². The van der Waals surface area contributed by atoms with Crippen LogP contribution in [0.1, 0.15) is 5.56 Å². The molecule has 2 heterocycles. The van der Waals surface area contributed by atoms with Gasteiger partial charge < -0.3 is 0 Å². The summed E-state index contributed by atoms with van der Waals surface area (Å²) in [5.74, 6) is -0.788. The van der Waals surface area contributed by atoms with Crippen molar-refractivity contribution in [2.45, 2.75) is 11.4 Å². The number of nitrogens with zero attached hydrogens (tertiary/aromatic N) is 2. The number of pyridine rings is 2. The van der Waals surface area contributed by atoms with Gasteiger partial charge in [-0.2, -0.15) is 0 Å². The average Bonchev–Trinajstić information content (AvgIpc) is 2.61. The third kappa shape index (κ3) is 3.47. The van der Waals surface area contributed by atoms with Gasteiger partial charge in [0.05, 0.1) is 5.69 Å². The highest BCUT2D eigenvalue weighted by Gasteiger charge is 2.19. The molecule has 0 radical (unpaired) electrons. The Balaban J connectivity index is 1.87. The van der Waals surface area contributed by atoms with Crippen molar-refractivity contribution < 1.29 is 12.8 Å². The van der Waals surface area contributed by atoms with E-state index in [1.165, 1.54) is 18.2 Å². The highest BCUT2D eigenvalue weighted by atomic mass is 32.2. The molecule has 0 saturated heterocycles. The number of sulfonamides is 1. The first-order valence-electron chi connectivity index (χ1n) is 7.16. The first kappa shape index (κ1) is 16.2. The fourth-order valence-corrected chi connectivity index (χ4v) is 3.34. The minimum atomic E-state index is -3.96. The topological polar surface area (TPSA) is 72.0 Å². The van der Waals surface area contributed by atoms with Crippen LogP contribution in [0.2, 0.25) is 0 Å². The lowest BCUT2D eigenvalue weighted by molar-refractivity contribution is 0.557. The number of benzene rings is 1. The van der Waals surface area contributed by atoms with E-state index in [1.54, 1.807) is 36.8 Å². The third-order valence-corrected chi connectivity index (χ3v) is 4.84. The number of halogens is 1. The highest BCUT2D eigenvalue weighted by molar-refractivity contribution is 7.89. The van der Waals surface area contributed by atoms with Crippen LogP contribution < -0.4 is 4.72 Å². The Morgan fingerprint density at radius 2 is 1.79 bits per heavy atom. The summed E-state index contributed by atoms with van der Waals surface area (Å²) in [6.45, 7) is -0.00522. The number of aromatic nitrogens is 2. The SMILES string of the molecule is O=S(=O)(NCc1cccnc1-c1cccnc1)c1ccccc1F. The molecule has 7 heteroatoms. The van der Waals surface area contributed by atoms with Crippen molar-refractivity contribution in [3.05, 3.63) is 78.5 Å². The molecular formula is C17H14FN3O2S. The Kier molecular flexibility index (Phi) is 4.64. The quantitative estimate of drug-likeness (QED) is 0.773. The predicted molar refractivity (Wildman–Crippen MR) is 87.9 cm³/mol. The molecule has 0 atom stereocenters. The van der Waals surface area contributed by atoms with Gasteiger partial charge in [0.1, 0.15) is 10.7 Å². The second-order valence-corrected chi connectivity index (χ2v) is 6.74. The van der Waals surface area contributed by atoms with Crippen LogP contribution >= 0.6 is 0 Å². The van der Waals surface area contributed by atoms with Crippen LogP contribution in [0.4, 0.5) is 4.39 Å². The maximum atomic E-state index is 13.7. The van der Waals surface area contributed by atoms with Crippen molar-refractivity contribution in [2.75, 3.05) is 0 Å². The lowest BCUT2D eigenvalue weighted by Gasteiger charge is -2.10. The molecule has 0 spiro atoms. The molecule has 0 fully saturated rings. The van der Waals surface area contributed by atoms with Gasteiger partial charge in [-0.25, -0.2) is 17.5 Å². The molecule has 0 bridgehead atoms. The van der Waals surface area contributed by atoms with Crippen LogP contribution in [0.5, 0.6) is 0 Å². The first-order valence-corrected chi connectivity index (χ1v) is 8.65. The standard InChI is InChI=1S/C17H14FN3O2S/c18-15-7-1-2-8-16(15)24(22,23)21-12-14-6-4-10-20-17(14)13-5-3-9-19-11-13/h1-11,21H,12H2. The van der Waals surface area contributed by atoms with Gasteiger partial charge >= 0.3 is 0 Å². The molecule has 0 aliphatic rings. The molecule has 0 saturated carbocycles. The van der Waals surface area contributed by atoms with Gasteiger partial charge in [-0.05, 0) is 35.9 Å². The highest BCUT2D eigenvalue weighted by Crippen LogP contribution is 2.21. The Labute approximate surface area is 139 Å². The van der Waals surface area contributed by atoms with Gasteiger partial charge in [0, 0.05) is 30.7 Å². The van der Waals surface area contributed by atoms with Crippen LogP contribution in [0, 0.1) is 5.82 Å².